The standard InChI is InChI=1S/C12H23N3/c1-5-7-15(12(13)14)9-11(4)8-10(3)6-2/h6,8H,5,7,9H2,1-4H3,(H3,13,14)/b10-6-,11-8+. The zero-order chi connectivity index (χ0) is 11.8. The van der Waals surface area contributed by atoms with Gasteiger partial charge < -0.3 is 10.6 Å². The Morgan fingerprint density at radius 2 is 2.00 bits per heavy atom. The number of guanidine groups is 1. The lowest BCUT2D eigenvalue weighted by Crippen LogP contribution is -2.38. The lowest BCUT2D eigenvalue weighted by atomic mass is 10.2. The molecular formula is C12H23N3. The average molecular weight is 209 g/mol. The number of hydrogen-bond donors (Lipinski definition) is 2. The van der Waals surface area contributed by atoms with Crippen LogP contribution in [0.3, 0.4) is 0 Å². The largest absolute Gasteiger partial charge is 0.370 e. The van der Waals surface area contributed by atoms with Gasteiger partial charge in [0.15, 0.2) is 5.96 Å². The number of nitrogens with two attached hydrogens (primary N) is 1. The van der Waals surface area contributed by atoms with E-state index in [1.54, 1.807) is 0 Å². The van der Waals surface area contributed by atoms with E-state index in [1.807, 2.05) is 11.8 Å². The van der Waals surface area contributed by atoms with Gasteiger partial charge >= 0.3 is 0 Å². The molecule has 3 nitrogen and oxygen atoms in total. The summed E-state index contributed by atoms with van der Waals surface area (Å²) in [6, 6.07) is 0. The number of hydrogen-bond acceptors (Lipinski definition) is 1. The van der Waals surface area contributed by atoms with Crippen molar-refractivity contribution in [2.24, 2.45) is 5.73 Å². The van der Waals surface area contributed by atoms with Crippen molar-refractivity contribution >= 4 is 5.96 Å². The summed E-state index contributed by atoms with van der Waals surface area (Å²) in [5.74, 6) is 0.155. The molecule has 86 valence electrons. The molecule has 0 spiro atoms. The highest BCUT2D eigenvalue weighted by molar-refractivity contribution is 5.74. The quantitative estimate of drug-likeness (QED) is 0.415. The van der Waals surface area contributed by atoms with Crippen molar-refractivity contribution < 1.29 is 0 Å². The first-order valence-corrected chi connectivity index (χ1v) is 5.40. The topological polar surface area (TPSA) is 53.1 Å². The molecule has 0 rings (SSSR count). The molecule has 0 radical (unpaired) electrons. The van der Waals surface area contributed by atoms with Crippen molar-refractivity contribution in [3.8, 4) is 0 Å². The minimum absolute atomic E-state index is 0.155. The second-order valence-electron chi connectivity index (χ2n) is 3.83. The maximum atomic E-state index is 7.44. The van der Waals surface area contributed by atoms with E-state index in [4.69, 9.17) is 11.1 Å². The lowest BCUT2D eigenvalue weighted by molar-refractivity contribution is 0.442. The summed E-state index contributed by atoms with van der Waals surface area (Å²) in [7, 11) is 0. The van der Waals surface area contributed by atoms with Gasteiger partial charge in [0.05, 0.1) is 0 Å². The first kappa shape index (κ1) is 13.8. The van der Waals surface area contributed by atoms with Crippen molar-refractivity contribution in [3.05, 3.63) is 23.3 Å². The summed E-state index contributed by atoms with van der Waals surface area (Å²) >= 11 is 0. The summed E-state index contributed by atoms with van der Waals surface area (Å²) < 4.78 is 0. The molecule has 0 saturated carbocycles. The Bertz CT molecular complexity index is 264. The van der Waals surface area contributed by atoms with Crippen molar-refractivity contribution in [2.75, 3.05) is 13.1 Å². The lowest BCUT2D eigenvalue weighted by Gasteiger charge is -2.22. The van der Waals surface area contributed by atoms with E-state index < -0.39 is 0 Å². The van der Waals surface area contributed by atoms with E-state index in [0.717, 1.165) is 19.5 Å². The molecule has 0 bridgehead atoms. The number of rotatable bonds is 5. The maximum Gasteiger partial charge on any atom is 0.188 e. The van der Waals surface area contributed by atoms with Gasteiger partial charge in [-0.05, 0) is 27.2 Å². The Hall–Kier alpha value is -1.25. The van der Waals surface area contributed by atoms with Gasteiger partial charge in [-0.2, -0.15) is 0 Å². The molecule has 0 heterocycles. The molecule has 0 aliphatic heterocycles. The Morgan fingerprint density at radius 3 is 2.40 bits per heavy atom. The average Bonchev–Trinajstić information content (AvgIpc) is 2.16. The fourth-order valence-electron chi connectivity index (χ4n) is 1.37. The normalized spacial score (nSPS) is 12.8. The third-order valence-corrected chi connectivity index (χ3v) is 2.20. The summed E-state index contributed by atoms with van der Waals surface area (Å²) in [6.45, 7) is 9.84. The molecule has 3 heteroatoms. The van der Waals surface area contributed by atoms with Crippen molar-refractivity contribution in [3.63, 3.8) is 0 Å². The fourth-order valence-corrected chi connectivity index (χ4v) is 1.37. The predicted molar refractivity (Wildman–Crippen MR) is 67.0 cm³/mol. The highest BCUT2D eigenvalue weighted by Crippen LogP contribution is 2.04. The summed E-state index contributed by atoms with van der Waals surface area (Å²) in [5.41, 5.74) is 7.98. The third-order valence-electron chi connectivity index (χ3n) is 2.20. The van der Waals surface area contributed by atoms with Crippen LogP contribution >= 0.6 is 0 Å². The van der Waals surface area contributed by atoms with Crippen LogP contribution in [0.4, 0.5) is 0 Å². The van der Waals surface area contributed by atoms with Gasteiger partial charge in [-0.15, -0.1) is 0 Å². The van der Waals surface area contributed by atoms with Crippen molar-refractivity contribution in [2.45, 2.75) is 34.1 Å². The van der Waals surface area contributed by atoms with E-state index >= 15 is 0 Å². The number of nitrogens with one attached hydrogen (secondary N) is 1. The number of nitrogens with zero attached hydrogens (tertiary/aromatic N) is 1. The SMILES string of the molecule is C/C=C(C)\C=C(/C)CN(CCC)C(=N)N. The molecule has 0 aromatic heterocycles. The second-order valence-corrected chi connectivity index (χ2v) is 3.83. The van der Waals surface area contributed by atoms with E-state index in [0.29, 0.717) is 0 Å². The Kier molecular flexibility index (Phi) is 6.50. The van der Waals surface area contributed by atoms with Crippen LogP contribution < -0.4 is 5.73 Å². The van der Waals surface area contributed by atoms with Crippen LogP contribution in [-0.2, 0) is 0 Å². The first-order valence-electron chi connectivity index (χ1n) is 5.40. The Morgan fingerprint density at radius 1 is 1.40 bits per heavy atom. The van der Waals surface area contributed by atoms with Gasteiger partial charge in [0.25, 0.3) is 0 Å². The highest BCUT2D eigenvalue weighted by Gasteiger charge is 2.05. The molecule has 0 saturated heterocycles. The first-order chi connectivity index (χ1) is 7.01. The molecule has 0 aromatic rings. The fraction of sp³-hybridized carbons (Fsp3) is 0.583. The van der Waals surface area contributed by atoms with Gasteiger partial charge in [0.1, 0.15) is 0 Å². The van der Waals surface area contributed by atoms with Crippen molar-refractivity contribution in [1.82, 2.24) is 4.90 Å². The van der Waals surface area contributed by atoms with Gasteiger partial charge in [-0.1, -0.05) is 30.2 Å². The van der Waals surface area contributed by atoms with Crippen LogP contribution in [0.15, 0.2) is 23.3 Å². The molecule has 15 heavy (non-hydrogen) atoms. The molecule has 0 fully saturated rings. The smallest absolute Gasteiger partial charge is 0.188 e. The molecule has 0 aromatic carbocycles. The van der Waals surface area contributed by atoms with Crippen LogP contribution in [0, 0.1) is 5.41 Å². The van der Waals surface area contributed by atoms with Crippen LogP contribution in [-0.4, -0.2) is 23.9 Å². The molecule has 0 aliphatic carbocycles. The molecular weight excluding hydrogens is 186 g/mol. The van der Waals surface area contributed by atoms with E-state index in [2.05, 4.69) is 32.9 Å². The van der Waals surface area contributed by atoms with Gasteiger partial charge in [0.2, 0.25) is 0 Å². The van der Waals surface area contributed by atoms with Crippen LogP contribution in [0.25, 0.3) is 0 Å². The molecule has 0 unspecified atom stereocenters. The minimum atomic E-state index is 0.155. The zero-order valence-electron chi connectivity index (χ0n) is 10.3. The number of allylic oxidation sites excluding steroid dienone is 3. The van der Waals surface area contributed by atoms with Gasteiger partial charge in [-0.3, -0.25) is 5.41 Å². The molecule has 0 atom stereocenters. The summed E-state index contributed by atoms with van der Waals surface area (Å²) in [4.78, 5) is 1.88. The van der Waals surface area contributed by atoms with Crippen molar-refractivity contribution in [1.29, 1.82) is 5.41 Å². The Balaban J connectivity index is 4.40. The van der Waals surface area contributed by atoms with Crippen LogP contribution in [0.2, 0.25) is 0 Å². The van der Waals surface area contributed by atoms with Gasteiger partial charge in [-0.25, -0.2) is 0 Å². The van der Waals surface area contributed by atoms with Crippen LogP contribution in [0.1, 0.15) is 34.1 Å². The predicted octanol–water partition coefficient (Wildman–Crippen LogP) is 2.50. The zero-order valence-corrected chi connectivity index (χ0v) is 10.3. The second kappa shape index (κ2) is 7.10. The minimum Gasteiger partial charge on any atom is -0.370 e. The summed E-state index contributed by atoms with van der Waals surface area (Å²) in [5, 5.41) is 7.44. The molecule has 3 N–H and O–H groups in total. The van der Waals surface area contributed by atoms with E-state index in [1.165, 1.54) is 11.1 Å². The highest BCUT2D eigenvalue weighted by atomic mass is 15.2. The molecule has 0 amide bonds. The Labute approximate surface area is 93.2 Å². The monoisotopic (exact) mass is 209 g/mol. The molecule has 0 aliphatic rings. The third kappa shape index (κ3) is 5.94. The maximum absolute atomic E-state index is 7.44. The van der Waals surface area contributed by atoms with E-state index in [-0.39, 0.29) is 5.96 Å². The summed E-state index contributed by atoms with van der Waals surface area (Å²) in [6.07, 6.45) is 5.21. The van der Waals surface area contributed by atoms with Crippen LogP contribution in [0.5, 0.6) is 0 Å². The van der Waals surface area contributed by atoms with E-state index in [9.17, 15) is 0 Å². The van der Waals surface area contributed by atoms with Gasteiger partial charge in [0, 0.05) is 13.1 Å².